The molecule has 15 atom stereocenters. The van der Waals surface area contributed by atoms with Gasteiger partial charge in [-0.2, -0.15) is 19.9 Å². The SMILES string of the molecule is CC(=O)OC1C(OC(=O)c2ccccc2)C(C(COC(=O)c2ccccc2)OC(=O)c2ccccc2)OC1n1ccn2c(=O)nc(N)nc12.CC(=O)OC1OC(C(COC(=O)c2ccccc2)OC(=O)c2ccccc2)C(OC(=O)c2ccccc2)C1OC(C)=O.CO.Nc1nc(=O)n2ccn(C3OC(C(O)CO)C(O)C3O)c2n1.[Cl][Sn]([Cl])([Cl])[Cl].[Na+].[Ne].[OH-]. The Balaban J connectivity index is 0.000000286. The van der Waals surface area contributed by atoms with Gasteiger partial charge in [0, 0.05) is 58.8 Å². The summed E-state index contributed by atoms with van der Waals surface area (Å²) < 4.78 is 73.2. The second-order valence-corrected chi connectivity index (χ2v) is 50.8. The summed E-state index contributed by atoms with van der Waals surface area (Å²) in [5, 5.41) is 45.6. The normalized spacial score (nSPS) is 20.4. The number of ether oxygens (including phenoxy) is 12. The minimum absolute atomic E-state index is 0. The minimum Gasteiger partial charge on any atom is -0.870 e. The van der Waals surface area contributed by atoms with Gasteiger partial charge in [0.05, 0.1) is 40.0 Å². The average molecular weight is 1910 g/mol. The van der Waals surface area contributed by atoms with Crippen molar-refractivity contribution in [2.75, 3.05) is 38.4 Å². The molecule has 7 heterocycles. The maximum Gasteiger partial charge on any atom is 1.00 e. The Hall–Kier alpha value is -10.6. The van der Waals surface area contributed by atoms with E-state index in [0.717, 1.165) is 36.7 Å². The first kappa shape index (κ1) is 101. The largest absolute Gasteiger partial charge is 1.00 e. The number of esters is 9. The number of hydrogen-bond donors (Lipinski definition) is 7. The van der Waals surface area contributed by atoms with Crippen LogP contribution in [-0.2, 0) is 71.2 Å². The van der Waals surface area contributed by atoms with Gasteiger partial charge in [-0.25, -0.2) is 47.2 Å². The van der Waals surface area contributed by atoms with Crippen molar-refractivity contribution in [1.82, 2.24) is 37.9 Å². The number of benzene rings is 6. The summed E-state index contributed by atoms with van der Waals surface area (Å²) in [5.74, 6) is -7.56. The van der Waals surface area contributed by atoms with E-state index in [2.05, 4.69) is 19.9 Å². The number of fused-ring (bicyclic) bond motifs is 2. The van der Waals surface area contributed by atoms with Crippen LogP contribution in [0.2, 0.25) is 0 Å². The van der Waals surface area contributed by atoms with Gasteiger partial charge in [-0.15, -0.1) is 0 Å². The molecular weight excluding hydrogens is 1830 g/mol. The standard InChI is InChI=1S/C34H29N5O10.C31H28O11.C11H15N5O6.CH4O.4ClH.Na.Ne.H2O.Sn/c1-20(40)46-27-26(49-31(43)23-15-9-4-10-16-23)25(48-28(27)38-17-18-39-33(38)36-32(35)37-34(39)44)24(47-30(42)22-13-7-3-8-14-22)19-45-29(41)21-11-5-2-6-12-21;1-19(32)38-27-26(41-30(36)23-16-10-5-11-17-23)25(42-31(27)39-20(2)33)24(40-29(35)22-14-8-4-9-15-22)18-37-28(34)21-12-6-3-7-13-21;12-9-13-10-15(1-2-16(10)11(21)14-9)8-6(20)5(19)7(22-8)4(18)3-17;1-2;;;;;;;;/h2-18,24-28H,19H2,1H3,(H2,35,37,44);3-17,24-27,31H,18H2,1-2H3;1-2,4-8,17-20H,3H2,(H2,12,14,21);2H,1H3;4*1H;;;1H2;/q;;;;;;;;+1;;;+4/p-5. The van der Waals surface area contributed by atoms with Crippen molar-refractivity contribution in [2.24, 2.45) is 0 Å². The predicted octanol–water partition coefficient (Wildman–Crippen LogP) is 1.38. The van der Waals surface area contributed by atoms with Gasteiger partial charge in [0.1, 0.15) is 49.8 Å². The topological polar surface area (TPSA) is 552 Å². The number of hydrogen-bond acceptors (Lipinski definition) is 35. The van der Waals surface area contributed by atoms with Gasteiger partial charge in [0.2, 0.25) is 35.8 Å². The van der Waals surface area contributed by atoms with E-state index in [1.165, 1.54) is 94.6 Å². The van der Waals surface area contributed by atoms with Crippen LogP contribution in [-0.4, -0.2) is 243 Å². The third-order valence-electron chi connectivity index (χ3n) is 17.2. The van der Waals surface area contributed by atoms with Crippen LogP contribution in [0.1, 0.15) is 95.4 Å². The van der Waals surface area contributed by atoms with Crippen LogP contribution in [0, 0.1) is 6.15 Å². The van der Waals surface area contributed by atoms with Crippen molar-refractivity contribution >= 4 is 127 Å². The molecule has 10 aromatic rings. The molecule has 123 heavy (non-hydrogen) atoms. The summed E-state index contributed by atoms with van der Waals surface area (Å²) in [6, 6.07) is 48.2. The van der Waals surface area contributed by atoms with Crippen molar-refractivity contribution in [3.05, 3.63) is 261 Å². The second kappa shape index (κ2) is 47.8. The molecular formula is C77H77Cl4N10NaNeO29Sn. The molecule has 0 amide bonds. The molecule has 15 unspecified atom stereocenters. The molecule has 0 aliphatic carbocycles. The summed E-state index contributed by atoms with van der Waals surface area (Å²) >= 11 is -3.29. The van der Waals surface area contributed by atoms with Crippen LogP contribution in [0.25, 0.3) is 11.6 Å². The molecule has 39 nitrogen and oxygen atoms in total. The molecule has 3 fully saturated rings. The molecule has 3 saturated heterocycles. The zero-order valence-corrected chi connectivity index (χ0v) is 73.0. The van der Waals surface area contributed by atoms with Gasteiger partial charge in [-0.05, 0) is 72.8 Å². The number of imidazole rings is 2. The van der Waals surface area contributed by atoms with E-state index >= 15 is 0 Å². The zero-order valence-electron chi connectivity index (χ0n) is 65.1. The van der Waals surface area contributed by atoms with Crippen LogP contribution in [0.15, 0.2) is 216 Å². The number of nitrogens with two attached hydrogens (primary N) is 2. The number of anilines is 2. The number of nitrogens with zero attached hydrogens (tertiary/aromatic N) is 8. The summed E-state index contributed by atoms with van der Waals surface area (Å²) in [6.07, 6.45) is -15.2. The number of carbonyl (C=O) groups excluding carboxylic acids is 9. The van der Waals surface area contributed by atoms with E-state index in [1.807, 2.05) is 0 Å². The van der Waals surface area contributed by atoms with E-state index in [-0.39, 0.29) is 98.0 Å². The van der Waals surface area contributed by atoms with E-state index in [1.54, 1.807) is 121 Å². The number of aliphatic hydroxyl groups is 5. The molecule has 46 heteroatoms. The number of aromatic nitrogens is 8. The molecule has 0 saturated carbocycles. The van der Waals surface area contributed by atoms with Crippen molar-refractivity contribution in [1.29, 1.82) is 0 Å². The number of aliphatic hydroxyl groups excluding tert-OH is 5. The van der Waals surface area contributed by atoms with Crippen LogP contribution >= 0.6 is 35.7 Å². The maximum absolute atomic E-state index is 13.5. The third kappa shape index (κ3) is 27.7. The second-order valence-electron chi connectivity index (χ2n) is 25.4. The Morgan fingerprint density at radius 3 is 1.10 bits per heavy atom. The Morgan fingerprint density at radius 2 is 0.748 bits per heavy atom. The van der Waals surface area contributed by atoms with Crippen molar-refractivity contribution in [3.8, 4) is 0 Å². The Kier molecular flexibility index (Phi) is 39.4. The van der Waals surface area contributed by atoms with Gasteiger partial charge < -0.3 is 99.3 Å². The molecule has 650 valence electrons. The van der Waals surface area contributed by atoms with Crippen LogP contribution in [0.5, 0.6) is 0 Å². The third-order valence-corrected chi connectivity index (χ3v) is 17.2. The van der Waals surface area contributed by atoms with Gasteiger partial charge in [0.25, 0.3) is 0 Å². The first-order valence-corrected chi connectivity index (χ1v) is 50.1. The predicted molar refractivity (Wildman–Crippen MR) is 423 cm³/mol. The molecule has 13 rings (SSSR count). The van der Waals surface area contributed by atoms with Gasteiger partial charge in [0.15, 0.2) is 43.0 Å². The maximum atomic E-state index is 13.5. The molecule has 4 aromatic heterocycles. The Labute approximate surface area is 738 Å². The quantitative estimate of drug-likeness (QED) is 0.0270. The number of nitrogen functional groups attached to an aromatic ring is 2. The minimum atomic E-state index is -3.29. The number of rotatable bonds is 23. The van der Waals surface area contributed by atoms with Crippen molar-refractivity contribution < 1.29 is 167 Å². The van der Waals surface area contributed by atoms with E-state index in [4.69, 9.17) is 114 Å². The van der Waals surface area contributed by atoms with Gasteiger partial charge >= 0.3 is 144 Å². The summed E-state index contributed by atoms with van der Waals surface area (Å²) in [6.45, 7) is 1.63. The molecule has 3 aliphatic heterocycles. The fourth-order valence-corrected chi connectivity index (χ4v) is 12.0. The van der Waals surface area contributed by atoms with Crippen LogP contribution < -0.4 is 52.4 Å². The number of carbonyl (C=O) groups is 9. The van der Waals surface area contributed by atoms with Crippen LogP contribution in [0.3, 0.4) is 0 Å². The Morgan fingerprint density at radius 1 is 0.439 bits per heavy atom. The zero-order chi connectivity index (χ0) is 87.1. The van der Waals surface area contributed by atoms with E-state index in [0.29, 0.717) is 0 Å². The first-order valence-electron chi connectivity index (χ1n) is 35.6. The van der Waals surface area contributed by atoms with Gasteiger partial charge in [-0.1, -0.05) is 109 Å². The van der Waals surface area contributed by atoms with Gasteiger partial charge in [-0.3, -0.25) is 23.5 Å². The summed E-state index contributed by atoms with van der Waals surface area (Å²) in [4.78, 5) is 155. The van der Waals surface area contributed by atoms with Crippen LogP contribution in [0.4, 0.5) is 11.9 Å². The molecule has 0 radical (unpaired) electrons. The smallest absolute Gasteiger partial charge is 0.870 e. The monoisotopic (exact) mass is 1910 g/mol. The van der Waals surface area contributed by atoms with Crippen molar-refractivity contribution in [2.45, 2.75) is 113 Å². The molecule has 0 spiro atoms. The Bertz CT molecular complexity index is 5300. The number of halogens is 4. The first-order chi connectivity index (χ1) is 57.3. The molecule has 0 bridgehead atoms. The molecule has 6 aromatic carbocycles. The molecule has 3 aliphatic rings. The molecule has 10 N–H and O–H groups in total. The fraction of sp³-hybridized carbons (Fsp3) is 0.286. The van der Waals surface area contributed by atoms with E-state index < -0.39 is 191 Å². The fourth-order valence-electron chi connectivity index (χ4n) is 12.0. The summed E-state index contributed by atoms with van der Waals surface area (Å²) in [5.41, 5.74) is 11.0. The average Bonchev–Trinajstić information content (AvgIpc) is 1.60. The van der Waals surface area contributed by atoms with Crippen molar-refractivity contribution in [3.63, 3.8) is 0 Å². The summed E-state index contributed by atoms with van der Waals surface area (Å²) in [7, 11) is 21.1. The van der Waals surface area contributed by atoms with E-state index in [9.17, 15) is 68.1 Å².